The van der Waals surface area contributed by atoms with Crippen LogP contribution in [-0.2, 0) is 4.79 Å². The van der Waals surface area contributed by atoms with Crippen molar-refractivity contribution in [1.82, 2.24) is 0 Å². The van der Waals surface area contributed by atoms with Crippen LogP contribution in [0.5, 0.6) is 0 Å². The molecule has 0 heterocycles. The third-order valence-electron chi connectivity index (χ3n) is 1.79. The minimum absolute atomic E-state index is 0.137. The zero-order valence-electron chi connectivity index (χ0n) is 8.49. The topological polar surface area (TPSA) is 17.1 Å². The molecule has 0 amide bonds. The number of hydrogen-bond acceptors (Lipinski definition) is 2. The van der Waals surface area contributed by atoms with E-state index in [4.69, 9.17) is 0 Å². The molecule has 0 atom stereocenters. The predicted octanol–water partition coefficient (Wildman–Crippen LogP) is 3.66. The summed E-state index contributed by atoms with van der Waals surface area (Å²) in [6, 6.07) is 9.72. The molecular formula is C12H14OS. The van der Waals surface area contributed by atoms with Gasteiger partial charge in [-0.2, -0.15) is 0 Å². The van der Waals surface area contributed by atoms with Crippen LogP contribution < -0.4 is 0 Å². The van der Waals surface area contributed by atoms with Crippen LogP contribution in [0.1, 0.15) is 20.3 Å². The number of thioether (sulfide) groups is 1. The summed E-state index contributed by atoms with van der Waals surface area (Å²) in [5, 5.41) is 0.137. The van der Waals surface area contributed by atoms with Crippen molar-refractivity contribution in [3.63, 3.8) is 0 Å². The van der Waals surface area contributed by atoms with E-state index in [9.17, 15) is 4.79 Å². The monoisotopic (exact) mass is 206 g/mol. The smallest absolute Gasteiger partial charge is 0.219 e. The fourth-order valence-electron chi connectivity index (χ4n) is 1.07. The van der Waals surface area contributed by atoms with Crippen LogP contribution in [0.15, 0.2) is 46.9 Å². The summed E-state index contributed by atoms with van der Waals surface area (Å²) in [7, 11) is 0. The minimum Gasteiger partial charge on any atom is -0.282 e. The third kappa shape index (κ3) is 3.38. The van der Waals surface area contributed by atoms with Crippen LogP contribution >= 0.6 is 11.8 Å². The lowest BCUT2D eigenvalue weighted by Gasteiger charge is -1.99. The van der Waals surface area contributed by atoms with Gasteiger partial charge in [0.15, 0.2) is 0 Å². The number of rotatable bonds is 3. The van der Waals surface area contributed by atoms with Crippen molar-refractivity contribution in [3.05, 3.63) is 42.0 Å². The first-order chi connectivity index (χ1) is 6.74. The molecule has 74 valence electrons. The van der Waals surface area contributed by atoms with Crippen LogP contribution in [0.2, 0.25) is 0 Å². The van der Waals surface area contributed by atoms with E-state index in [1.807, 2.05) is 50.3 Å². The van der Waals surface area contributed by atoms with Gasteiger partial charge in [0.25, 0.3) is 0 Å². The molecule has 0 aliphatic heterocycles. The number of carbonyl (C=O) groups excluding carboxylic acids is 1. The van der Waals surface area contributed by atoms with E-state index in [0.717, 1.165) is 16.9 Å². The van der Waals surface area contributed by atoms with Gasteiger partial charge in [0.2, 0.25) is 5.12 Å². The number of allylic oxidation sites excluding steroid dienone is 1. The minimum atomic E-state index is 0.137. The maximum atomic E-state index is 11.6. The van der Waals surface area contributed by atoms with E-state index in [2.05, 4.69) is 0 Å². The molecule has 0 bridgehead atoms. The molecule has 1 aromatic carbocycles. The molecule has 0 radical (unpaired) electrons. The second kappa shape index (κ2) is 5.66. The Hall–Kier alpha value is -1.02. The lowest BCUT2D eigenvalue weighted by atomic mass is 10.3. The SMILES string of the molecule is CCC=C(C)C(=O)Sc1ccccc1. The summed E-state index contributed by atoms with van der Waals surface area (Å²) in [5.74, 6) is 0. The van der Waals surface area contributed by atoms with Gasteiger partial charge in [-0.15, -0.1) is 0 Å². The maximum absolute atomic E-state index is 11.6. The van der Waals surface area contributed by atoms with Gasteiger partial charge in [-0.3, -0.25) is 4.79 Å². The second-order valence-corrected chi connectivity index (χ2v) is 4.04. The van der Waals surface area contributed by atoms with E-state index in [0.29, 0.717) is 0 Å². The van der Waals surface area contributed by atoms with Crippen molar-refractivity contribution in [2.45, 2.75) is 25.2 Å². The normalized spacial score (nSPS) is 11.4. The Bertz CT molecular complexity index is 327. The first-order valence-electron chi connectivity index (χ1n) is 4.68. The van der Waals surface area contributed by atoms with E-state index in [1.165, 1.54) is 11.8 Å². The molecule has 0 unspecified atom stereocenters. The first-order valence-corrected chi connectivity index (χ1v) is 5.49. The number of carbonyl (C=O) groups is 1. The Morgan fingerprint density at radius 3 is 2.57 bits per heavy atom. The molecular weight excluding hydrogens is 192 g/mol. The van der Waals surface area contributed by atoms with Gasteiger partial charge in [0, 0.05) is 4.90 Å². The summed E-state index contributed by atoms with van der Waals surface area (Å²) in [5.41, 5.74) is 0.835. The second-order valence-electron chi connectivity index (χ2n) is 3.00. The Morgan fingerprint density at radius 1 is 1.36 bits per heavy atom. The first kappa shape index (κ1) is 11.1. The summed E-state index contributed by atoms with van der Waals surface area (Å²) in [6.07, 6.45) is 2.87. The highest BCUT2D eigenvalue weighted by Gasteiger charge is 2.05. The summed E-state index contributed by atoms with van der Waals surface area (Å²) in [6.45, 7) is 3.89. The van der Waals surface area contributed by atoms with Crippen molar-refractivity contribution < 1.29 is 4.79 Å². The lowest BCUT2D eigenvalue weighted by Crippen LogP contribution is -1.92. The van der Waals surface area contributed by atoms with E-state index in [-0.39, 0.29) is 5.12 Å². The Balaban J connectivity index is 2.62. The largest absolute Gasteiger partial charge is 0.282 e. The van der Waals surface area contributed by atoms with Gasteiger partial charge in [-0.1, -0.05) is 31.2 Å². The Kier molecular flexibility index (Phi) is 4.47. The van der Waals surface area contributed by atoms with Gasteiger partial charge in [-0.05, 0) is 42.8 Å². The van der Waals surface area contributed by atoms with Gasteiger partial charge >= 0.3 is 0 Å². The number of hydrogen-bond donors (Lipinski definition) is 0. The van der Waals surface area contributed by atoms with Gasteiger partial charge in [0.1, 0.15) is 0 Å². The zero-order chi connectivity index (χ0) is 10.4. The molecule has 1 aromatic rings. The molecule has 0 saturated heterocycles. The van der Waals surface area contributed by atoms with Crippen LogP contribution in [-0.4, -0.2) is 5.12 Å². The highest BCUT2D eigenvalue weighted by molar-refractivity contribution is 8.14. The molecule has 0 N–H and O–H groups in total. The molecule has 0 fully saturated rings. The average Bonchev–Trinajstić information content (AvgIpc) is 2.19. The van der Waals surface area contributed by atoms with Crippen LogP contribution in [0.4, 0.5) is 0 Å². The number of benzene rings is 1. The summed E-state index contributed by atoms with van der Waals surface area (Å²) < 4.78 is 0. The molecule has 0 aliphatic carbocycles. The fraction of sp³-hybridized carbons (Fsp3) is 0.250. The van der Waals surface area contributed by atoms with Crippen molar-refractivity contribution in [1.29, 1.82) is 0 Å². The van der Waals surface area contributed by atoms with Gasteiger partial charge in [0.05, 0.1) is 0 Å². The molecule has 0 aliphatic rings. The summed E-state index contributed by atoms with van der Waals surface area (Å²) >= 11 is 1.28. The molecule has 1 nitrogen and oxygen atoms in total. The standard InChI is InChI=1S/C12H14OS/c1-3-7-10(2)12(13)14-11-8-5-4-6-9-11/h4-9H,3H2,1-2H3. The van der Waals surface area contributed by atoms with Crippen LogP contribution in [0.25, 0.3) is 0 Å². The van der Waals surface area contributed by atoms with Crippen molar-refractivity contribution in [2.24, 2.45) is 0 Å². The average molecular weight is 206 g/mol. The highest BCUT2D eigenvalue weighted by atomic mass is 32.2. The van der Waals surface area contributed by atoms with Crippen molar-refractivity contribution in [3.8, 4) is 0 Å². The van der Waals surface area contributed by atoms with Gasteiger partial charge in [-0.25, -0.2) is 0 Å². The van der Waals surface area contributed by atoms with E-state index in [1.54, 1.807) is 0 Å². The third-order valence-corrected chi connectivity index (χ3v) is 2.80. The molecule has 2 heteroatoms. The quantitative estimate of drug-likeness (QED) is 0.554. The van der Waals surface area contributed by atoms with Crippen molar-refractivity contribution >= 4 is 16.9 Å². The van der Waals surface area contributed by atoms with E-state index < -0.39 is 0 Å². The maximum Gasteiger partial charge on any atom is 0.219 e. The van der Waals surface area contributed by atoms with Gasteiger partial charge < -0.3 is 0 Å². The molecule has 0 saturated carbocycles. The Morgan fingerprint density at radius 2 is 2.00 bits per heavy atom. The molecule has 14 heavy (non-hydrogen) atoms. The highest BCUT2D eigenvalue weighted by Crippen LogP contribution is 2.21. The van der Waals surface area contributed by atoms with E-state index >= 15 is 0 Å². The van der Waals surface area contributed by atoms with Crippen molar-refractivity contribution in [2.75, 3.05) is 0 Å². The zero-order valence-corrected chi connectivity index (χ0v) is 9.30. The predicted molar refractivity (Wildman–Crippen MR) is 61.4 cm³/mol. The molecule has 0 aromatic heterocycles. The van der Waals surface area contributed by atoms with Crippen LogP contribution in [0, 0.1) is 0 Å². The fourth-order valence-corrected chi connectivity index (χ4v) is 1.82. The summed E-state index contributed by atoms with van der Waals surface area (Å²) in [4.78, 5) is 12.6. The lowest BCUT2D eigenvalue weighted by molar-refractivity contribution is -0.107. The molecule has 0 spiro atoms. The van der Waals surface area contributed by atoms with Crippen LogP contribution in [0.3, 0.4) is 0 Å². The molecule has 1 rings (SSSR count). The Labute approximate surface area is 89.2 Å².